The van der Waals surface area contributed by atoms with Gasteiger partial charge in [-0.1, -0.05) is 17.7 Å². The molecule has 0 aliphatic rings. The highest BCUT2D eigenvalue weighted by Crippen LogP contribution is 2.31. The number of halogens is 3. The van der Waals surface area contributed by atoms with E-state index in [1.54, 1.807) is 6.92 Å². The first kappa shape index (κ1) is 9.10. The van der Waals surface area contributed by atoms with Gasteiger partial charge >= 0.3 is 6.18 Å². The molecule has 0 fully saturated rings. The van der Waals surface area contributed by atoms with Gasteiger partial charge in [-0.25, -0.2) is 0 Å². The summed E-state index contributed by atoms with van der Waals surface area (Å²) in [6.07, 6.45) is -4.28. The molecule has 3 heteroatoms. The van der Waals surface area contributed by atoms with Gasteiger partial charge in [0.05, 0.1) is 5.56 Å². The maximum atomic E-state index is 12.1. The Morgan fingerprint density at radius 2 is 1.83 bits per heavy atom. The van der Waals surface area contributed by atoms with Crippen LogP contribution >= 0.6 is 0 Å². The van der Waals surface area contributed by atoms with Gasteiger partial charge in [0.2, 0.25) is 0 Å². The van der Waals surface area contributed by atoms with Crippen LogP contribution in [0, 0.1) is 19.9 Å². The molecule has 0 amide bonds. The van der Waals surface area contributed by atoms with Crippen LogP contribution in [0.4, 0.5) is 13.2 Å². The monoisotopic (exact) mass is 173 g/mol. The van der Waals surface area contributed by atoms with Crippen molar-refractivity contribution >= 4 is 0 Å². The molecule has 65 valence electrons. The van der Waals surface area contributed by atoms with Crippen LogP contribution < -0.4 is 0 Å². The molecule has 1 aromatic carbocycles. The van der Waals surface area contributed by atoms with Crippen molar-refractivity contribution in [3.63, 3.8) is 0 Å². The van der Waals surface area contributed by atoms with E-state index in [-0.39, 0.29) is 5.56 Å². The molecule has 0 nitrogen and oxygen atoms in total. The second kappa shape index (κ2) is 2.81. The number of alkyl halides is 3. The van der Waals surface area contributed by atoms with Crippen LogP contribution in [0.3, 0.4) is 0 Å². The maximum Gasteiger partial charge on any atom is 0.417 e. The lowest BCUT2D eigenvalue weighted by Gasteiger charge is -2.09. The molecule has 0 unspecified atom stereocenters. The minimum absolute atomic E-state index is 0.225. The Balaban J connectivity index is 3.19. The highest BCUT2D eigenvalue weighted by Gasteiger charge is 2.32. The number of aryl methyl sites for hydroxylation is 2. The molecule has 0 heterocycles. The number of benzene rings is 1. The number of rotatable bonds is 0. The van der Waals surface area contributed by atoms with E-state index >= 15 is 0 Å². The normalized spacial score (nSPS) is 11.8. The Kier molecular flexibility index (Phi) is 2.13. The van der Waals surface area contributed by atoms with E-state index < -0.39 is 11.7 Å². The number of hydrogen-bond acceptors (Lipinski definition) is 0. The molecule has 1 aromatic rings. The molecule has 0 saturated carbocycles. The van der Waals surface area contributed by atoms with Crippen molar-refractivity contribution < 1.29 is 13.2 Å². The lowest BCUT2D eigenvalue weighted by molar-refractivity contribution is -0.138. The van der Waals surface area contributed by atoms with Crippen molar-refractivity contribution in [3.8, 4) is 0 Å². The summed E-state index contributed by atoms with van der Waals surface area (Å²) in [4.78, 5) is 0. The predicted octanol–water partition coefficient (Wildman–Crippen LogP) is 3.12. The van der Waals surface area contributed by atoms with Gasteiger partial charge in [0, 0.05) is 0 Å². The summed E-state index contributed by atoms with van der Waals surface area (Å²) in [5, 5.41) is 0. The largest absolute Gasteiger partial charge is 0.417 e. The lowest BCUT2D eigenvalue weighted by Crippen LogP contribution is -2.07. The average molecular weight is 173 g/mol. The van der Waals surface area contributed by atoms with Gasteiger partial charge in [0.15, 0.2) is 0 Å². The first-order chi connectivity index (χ1) is 5.41. The molecule has 0 aliphatic carbocycles. The Morgan fingerprint density at radius 1 is 1.25 bits per heavy atom. The maximum absolute atomic E-state index is 12.1. The topological polar surface area (TPSA) is 0 Å². The molecule has 1 rings (SSSR count). The Labute approximate surface area is 69.0 Å². The molecule has 1 radical (unpaired) electrons. The van der Waals surface area contributed by atoms with Crippen molar-refractivity contribution in [2.24, 2.45) is 0 Å². The molecule has 0 aromatic heterocycles. The van der Waals surface area contributed by atoms with Crippen LogP contribution in [0.2, 0.25) is 0 Å². The summed E-state index contributed by atoms with van der Waals surface area (Å²) in [7, 11) is 0. The first-order valence-electron chi connectivity index (χ1n) is 3.47. The highest BCUT2D eigenvalue weighted by molar-refractivity contribution is 5.31. The quantitative estimate of drug-likeness (QED) is 0.565. The van der Waals surface area contributed by atoms with Gasteiger partial charge in [-0.3, -0.25) is 0 Å². The second-order valence-electron chi connectivity index (χ2n) is 2.73. The zero-order valence-corrected chi connectivity index (χ0v) is 6.79. The van der Waals surface area contributed by atoms with Crippen LogP contribution in [0.25, 0.3) is 0 Å². The molecule has 0 saturated heterocycles. The molecule has 0 atom stereocenters. The number of hydrogen-bond donors (Lipinski definition) is 0. The smallest absolute Gasteiger partial charge is 0.166 e. The van der Waals surface area contributed by atoms with Crippen molar-refractivity contribution in [2.45, 2.75) is 20.0 Å². The zero-order chi connectivity index (χ0) is 9.35. The van der Waals surface area contributed by atoms with E-state index in [0.717, 1.165) is 5.56 Å². The van der Waals surface area contributed by atoms with Crippen molar-refractivity contribution in [1.82, 2.24) is 0 Å². The van der Waals surface area contributed by atoms with Crippen LogP contribution in [0.5, 0.6) is 0 Å². The highest BCUT2D eigenvalue weighted by atomic mass is 19.4. The van der Waals surface area contributed by atoms with Crippen LogP contribution in [-0.2, 0) is 6.18 Å². The van der Waals surface area contributed by atoms with Gasteiger partial charge in [-0.15, -0.1) is 0 Å². The molecule has 0 N–H and O–H groups in total. The standard InChI is InChI=1S/C9H8F3/c1-6-3-4-8(7(2)5-6)9(10,11)12/h3,5H,1-2H3. The van der Waals surface area contributed by atoms with Gasteiger partial charge < -0.3 is 0 Å². The summed E-state index contributed by atoms with van der Waals surface area (Å²) in [6, 6.07) is 5.06. The summed E-state index contributed by atoms with van der Waals surface area (Å²) in [5.74, 6) is 0. The van der Waals surface area contributed by atoms with Crippen LogP contribution in [0.1, 0.15) is 16.7 Å². The third-order valence-corrected chi connectivity index (χ3v) is 1.57. The fourth-order valence-corrected chi connectivity index (χ4v) is 1.06. The molecule has 0 aliphatic heterocycles. The van der Waals surface area contributed by atoms with Gasteiger partial charge in [-0.2, -0.15) is 13.2 Å². The van der Waals surface area contributed by atoms with Crippen LogP contribution in [-0.4, -0.2) is 0 Å². The first-order valence-corrected chi connectivity index (χ1v) is 3.47. The van der Waals surface area contributed by atoms with E-state index in [1.807, 2.05) is 0 Å². The van der Waals surface area contributed by atoms with Crippen molar-refractivity contribution in [3.05, 3.63) is 34.9 Å². The minimum atomic E-state index is -4.28. The second-order valence-corrected chi connectivity index (χ2v) is 2.73. The van der Waals surface area contributed by atoms with E-state index in [1.165, 1.54) is 19.1 Å². The van der Waals surface area contributed by atoms with Crippen molar-refractivity contribution in [2.75, 3.05) is 0 Å². The van der Waals surface area contributed by atoms with E-state index in [0.29, 0.717) is 0 Å². The van der Waals surface area contributed by atoms with E-state index in [2.05, 4.69) is 6.07 Å². The van der Waals surface area contributed by atoms with Crippen LogP contribution in [0.15, 0.2) is 12.1 Å². The Morgan fingerprint density at radius 3 is 2.25 bits per heavy atom. The van der Waals surface area contributed by atoms with Gasteiger partial charge in [-0.05, 0) is 25.5 Å². The summed E-state index contributed by atoms with van der Waals surface area (Å²) >= 11 is 0. The Hall–Kier alpha value is -0.990. The zero-order valence-electron chi connectivity index (χ0n) is 6.79. The molecular formula is C9H8F3. The summed E-state index contributed by atoms with van der Waals surface area (Å²) in [6.45, 7) is 3.18. The fourth-order valence-electron chi connectivity index (χ4n) is 1.06. The summed E-state index contributed by atoms with van der Waals surface area (Å²) in [5.41, 5.74) is 0.344. The van der Waals surface area contributed by atoms with Crippen molar-refractivity contribution in [1.29, 1.82) is 0 Å². The molecular weight excluding hydrogens is 165 g/mol. The third-order valence-electron chi connectivity index (χ3n) is 1.57. The van der Waals surface area contributed by atoms with E-state index in [9.17, 15) is 13.2 Å². The lowest BCUT2D eigenvalue weighted by atomic mass is 10.1. The predicted molar refractivity (Wildman–Crippen MR) is 39.8 cm³/mol. The fraction of sp³-hybridized carbons (Fsp3) is 0.333. The minimum Gasteiger partial charge on any atom is -0.166 e. The third kappa shape index (κ3) is 1.78. The molecule has 12 heavy (non-hydrogen) atoms. The SMILES string of the molecule is Cc1c[c]c(C(F)(F)F)c(C)c1. The van der Waals surface area contributed by atoms with E-state index in [4.69, 9.17) is 0 Å². The molecule has 0 bridgehead atoms. The van der Waals surface area contributed by atoms with Gasteiger partial charge in [0.25, 0.3) is 0 Å². The van der Waals surface area contributed by atoms with Gasteiger partial charge in [0.1, 0.15) is 0 Å². The summed E-state index contributed by atoms with van der Waals surface area (Å²) < 4.78 is 36.4. The molecule has 0 spiro atoms. The Bertz CT molecular complexity index is 286. The average Bonchev–Trinajstić information content (AvgIpc) is 1.83.